The molecule has 1 N–H and O–H groups in total. The van der Waals surface area contributed by atoms with Crippen molar-refractivity contribution >= 4 is 10.0 Å². The van der Waals surface area contributed by atoms with Crippen LogP contribution in [0.3, 0.4) is 0 Å². The van der Waals surface area contributed by atoms with Crippen LogP contribution in [-0.2, 0) is 10.0 Å². The quantitative estimate of drug-likeness (QED) is 0.665. The number of nitrogens with one attached hydrogen (secondary N) is 1. The molecule has 1 atom stereocenters. The molecule has 1 fully saturated rings. The van der Waals surface area contributed by atoms with E-state index in [2.05, 4.69) is 24.1 Å². The van der Waals surface area contributed by atoms with Gasteiger partial charge in [0.1, 0.15) is 0 Å². The molecule has 1 aliphatic heterocycles. The second-order valence-electron chi connectivity index (χ2n) is 5.38. The number of piperidine rings is 1. The molecule has 0 radical (unpaired) electrons. The van der Waals surface area contributed by atoms with E-state index in [1.165, 1.54) is 6.26 Å². The fraction of sp³-hybridized carbons (Fsp3) is 1.00. The van der Waals surface area contributed by atoms with E-state index in [1.54, 1.807) is 4.31 Å². The summed E-state index contributed by atoms with van der Waals surface area (Å²) < 4.78 is 24.8. The highest BCUT2D eigenvalue weighted by molar-refractivity contribution is 7.88. The molecule has 0 amide bonds. The minimum absolute atomic E-state index is 0.477. The van der Waals surface area contributed by atoms with Gasteiger partial charge in [-0.25, -0.2) is 12.7 Å². The van der Waals surface area contributed by atoms with Crippen molar-refractivity contribution in [3.63, 3.8) is 0 Å². The van der Waals surface area contributed by atoms with Gasteiger partial charge in [-0.2, -0.15) is 0 Å². The van der Waals surface area contributed by atoms with Crippen LogP contribution in [0.1, 0.15) is 26.7 Å². The van der Waals surface area contributed by atoms with Crippen LogP contribution in [0, 0.1) is 5.92 Å². The van der Waals surface area contributed by atoms with Gasteiger partial charge in [0.15, 0.2) is 0 Å². The van der Waals surface area contributed by atoms with Gasteiger partial charge in [0.05, 0.1) is 6.26 Å². The SMILES string of the molecule is CCNCCN(CC)CC1CCCN(S(C)(=O)=O)C1. The summed E-state index contributed by atoms with van der Waals surface area (Å²) >= 11 is 0. The van der Waals surface area contributed by atoms with Crippen LogP contribution in [-0.4, -0.2) is 69.7 Å². The van der Waals surface area contributed by atoms with Gasteiger partial charge in [-0.3, -0.25) is 0 Å². The highest BCUT2D eigenvalue weighted by Crippen LogP contribution is 2.19. The van der Waals surface area contributed by atoms with Crippen LogP contribution >= 0.6 is 0 Å². The Bertz CT molecular complexity index is 346. The van der Waals surface area contributed by atoms with E-state index in [0.29, 0.717) is 19.0 Å². The summed E-state index contributed by atoms with van der Waals surface area (Å²) in [7, 11) is -3.02. The molecule has 0 aromatic rings. The van der Waals surface area contributed by atoms with Gasteiger partial charge in [-0.15, -0.1) is 0 Å². The summed E-state index contributed by atoms with van der Waals surface area (Å²) in [6.07, 6.45) is 3.45. The topological polar surface area (TPSA) is 52.6 Å². The van der Waals surface area contributed by atoms with E-state index in [9.17, 15) is 8.42 Å². The van der Waals surface area contributed by atoms with Crippen LogP contribution < -0.4 is 5.32 Å². The molecule has 5 nitrogen and oxygen atoms in total. The molecule has 0 aliphatic carbocycles. The zero-order valence-electron chi connectivity index (χ0n) is 12.6. The Kier molecular flexibility index (Phi) is 7.28. The maximum Gasteiger partial charge on any atom is 0.211 e. The normalized spacial score (nSPS) is 22.0. The van der Waals surface area contributed by atoms with E-state index in [4.69, 9.17) is 0 Å². The molecule has 1 heterocycles. The summed E-state index contributed by atoms with van der Waals surface area (Å²) in [6.45, 7) is 10.8. The Balaban J connectivity index is 2.41. The number of sulfonamides is 1. The lowest BCUT2D eigenvalue weighted by Gasteiger charge is -2.34. The third kappa shape index (κ3) is 6.21. The molecule has 19 heavy (non-hydrogen) atoms. The first-order valence-corrected chi connectivity index (χ1v) is 9.20. The largest absolute Gasteiger partial charge is 0.316 e. The highest BCUT2D eigenvalue weighted by atomic mass is 32.2. The van der Waals surface area contributed by atoms with Gasteiger partial charge in [0.25, 0.3) is 0 Å². The van der Waals surface area contributed by atoms with Crippen LogP contribution in [0.15, 0.2) is 0 Å². The van der Waals surface area contributed by atoms with Crippen LogP contribution in [0.25, 0.3) is 0 Å². The predicted octanol–water partition coefficient (Wildman–Crippen LogP) is 0.589. The molecule has 0 saturated carbocycles. The second kappa shape index (κ2) is 8.19. The van der Waals surface area contributed by atoms with Crippen molar-refractivity contribution in [1.82, 2.24) is 14.5 Å². The summed E-state index contributed by atoms with van der Waals surface area (Å²) in [5.41, 5.74) is 0. The molecule has 0 aromatic carbocycles. The van der Waals surface area contributed by atoms with E-state index < -0.39 is 10.0 Å². The van der Waals surface area contributed by atoms with Gasteiger partial charge in [0, 0.05) is 32.7 Å². The fourth-order valence-corrected chi connectivity index (χ4v) is 3.58. The third-order valence-electron chi connectivity index (χ3n) is 3.77. The summed E-state index contributed by atoms with van der Waals surface area (Å²) in [5, 5.41) is 3.34. The number of likely N-dealkylation sites (N-methyl/N-ethyl adjacent to an activating group) is 2. The Morgan fingerprint density at radius 3 is 2.68 bits per heavy atom. The lowest BCUT2D eigenvalue weighted by Crippen LogP contribution is -2.44. The Hall–Kier alpha value is -0.170. The summed E-state index contributed by atoms with van der Waals surface area (Å²) in [5.74, 6) is 0.477. The van der Waals surface area contributed by atoms with Crippen molar-refractivity contribution < 1.29 is 8.42 Å². The molecule has 1 aliphatic rings. The van der Waals surface area contributed by atoms with Gasteiger partial charge >= 0.3 is 0 Å². The van der Waals surface area contributed by atoms with Crippen molar-refractivity contribution in [3.8, 4) is 0 Å². The highest BCUT2D eigenvalue weighted by Gasteiger charge is 2.26. The molecule has 0 aromatic heterocycles. The van der Waals surface area contributed by atoms with E-state index in [1.807, 2.05) is 0 Å². The number of hydrogen-bond acceptors (Lipinski definition) is 4. The van der Waals surface area contributed by atoms with Gasteiger partial charge in [-0.05, 0) is 31.8 Å². The monoisotopic (exact) mass is 291 g/mol. The fourth-order valence-electron chi connectivity index (χ4n) is 2.63. The minimum atomic E-state index is -3.02. The Morgan fingerprint density at radius 1 is 1.37 bits per heavy atom. The van der Waals surface area contributed by atoms with E-state index in [0.717, 1.165) is 45.6 Å². The maximum atomic E-state index is 11.6. The maximum absolute atomic E-state index is 11.6. The Morgan fingerprint density at radius 2 is 2.11 bits per heavy atom. The molecular formula is C13H29N3O2S. The van der Waals surface area contributed by atoms with E-state index in [-0.39, 0.29) is 0 Å². The standard InChI is InChI=1S/C13H29N3O2S/c1-4-14-8-10-15(5-2)11-13-7-6-9-16(12-13)19(3,17)18/h13-14H,4-12H2,1-3H3. The summed E-state index contributed by atoms with van der Waals surface area (Å²) in [4.78, 5) is 2.42. The van der Waals surface area contributed by atoms with Crippen LogP contribution in [0.5, 0.6) is 0 Å². The average molecular weight is 291 g/mol. The van der Waals surface area contributed by atoms with Gasteiger partial charge in [0.2, 0.25) is 10.0 Å². The second-order valence-corrected chi connectivity index (χ2v) is 7.36. The first-order chi connectivity index (χ1) is 8.97. The number of rotatable bonds is 8. The summed E-state index contributed by atoms with van der Waals surface area (Å²) in [6, 6.07) is 0. The van der Waals surface area contributed by atoms with Crippen molar-refractivity contribution in [2.24, 2.45) is 5.92 Å². The van der Waals surface area contributed by atoms with E-state index >= 15 is 0 Å². The molecule has 1 rings (SSSR count). The molecule has 6 heteroatoms. The minimum Gasteiger partial charge on any atom is -0.316 e. The molecule has 1 unspecified atom stereocenters. The van der Waals surface area contributed by atoms with Gasteiger partial charge in [-0.1, -0.05) is 13.8 Å². The van der Waals surface area contributed by atoms with Crippen molar-refractivity contribution in [3.05, 3.63) is 0 Å². The molecule has 0 spiro atoms. The zero-order valence-corrected chi connectivity index (χ0v) is 13.4. The number of nitrogens with zero attached hydrogens (tertiary/aromatic N) is 2. The first kappa shape index (κ1) is 16.9. The van der Waals surface area contributed by atoms with Crippen molar-refractivity contribution in [2.45, 2.75) is 26.7 Å². The molecule has 0 bridgehead atoms. The number of hydrogen-bond donors (Lipinski definition) is 1. The lowest BCUT2D eigenvalue weighted by molar-refractivity contribution is 0.184. The third-order valence-corrected chi connectivity index (χ3v) is 5.04. The average Bonchev–Trinajstić information content (AvgIpc) is 2.37. The van der Waals surface area contributed by atoms with Crippen molar-refractivity contribution in [2.75, 3.05) is 52.1 Å². The van der Waals surface area contributed by atoms with Crippen molar-refractivity contribution in [1.29, 1.82) is 0 Å². The molecular weight excluding hydrogens is 262 g/mol. The van der Waals surface area contributed by atoms with Crippen LogP contribution in [0.4, 0.5) is 0 Å². The van der Waals surface area contributed by atoms with Crippen LogP contribution in [0.2, 0.25) is 0 Å². The van der Waals surface area contributed by atoms with Gasteiger partial charge < -0.3 is 10.2 Å². The smallest absolute Gasteiger partial charge is 0.211 e. The predicted molar refractivity (Wildman–Crippen MR) is 79.8 cm³/mol. The molecule has 1 saturated heterocycles. The Labute approximate surface area is 118 Å². The lowest BCUT2D eigenvalue weighted by atomic mass is 9.99. The first-order valence-electron chi connectivity index (χ1n) is 7.35. The zero-order chi connectivity index (χ0) is 14.3. The molecule has 114 valence electrons.